The first-order valence-electron chi connectivity index (χ1n) is 12.3. The van der Waals surface area contributed by atoms with E-state index in [9.17, 15) is 13.2 Å². The number of hydrogen-bond donors (Lipinski definition) is 1. The molecule has 9 heteroatoms. The van der Waals surface area contributed by atoms with Gasteiger partial charge in [-0.25, -0.2) is 8.42 Å². The van der Waals surface area contributed by atoms with Crippen molar-refractivity contribution >= 4 is 49.2 Å². The predicted octanol–water partition coefficient (Wildman–Crippen LogP) is 4.84. The fourth-order valence-corrected chi connectivity index (χ4v) is 6.53. The molecule has 1 atom stereocenters. The van der Waals surface area contributed by atoms with Crippen molar-refractivity contribution < 1.29 is 13.2 Å². The summed E-state index contributed by atoms with van der Waals surface area (Å²) >= 11 is 2.57. The zero-order valence-corrected chi connectivity index (χ0v) is 22.9. The zero-order chi connectivity index (χ0) is 24.6. The van der Waals surface area contributed by atoms with Crippen LogP contribution in [0.1, 0.15) is 66.8 Å². The largest absolute Gasteiger partial charge is 0.346 e. The summed E-state index contributed by atoms with van der Waals surface area (Å²) in [5.74, 6) is -0.128. The third-order valence-corrected chi connectivity index (χ3v) is 10.1. The lowest BCUT2D eigenvalue weighted by Gasteiger charge is -2.32. The summed E-state index contributed by atoms with van der Waals surface area (Å²) in [5.41, 5.74) is 3.78. The number of sulfone groups is 1. The number of nitrogens with zero attached hydrogens (tertiary/aromatic N) is 3. The Bertz CT molecular complexity index is 1330. The number of nitrogens with one attached hydrogen (secondary N) is 1. The van der Waals surface area contributed by atoms with Crippen molar-refractivity contribution in [2.24, 2.45) is 0 Å². The second-order valence-electron chi connectivity index (χ2n) is 9.48. The van der Waals surface area contributed by atoms with Gasteiger partial charge in [0.1, 0.15) is 0 Å². The highest BCUT2D eigenvalue weighted by atomic mass is 127. The van der Waals surface area contributed by atoms with Crippen molar-refractivity contribution in [1.82, 2.24) is 19.8 Å². The molecule has 0 radical (unpaired) electrons. The number of benzene rings is 1. The first-order valence-corrected chi connectivity index (χ1v) is 15.2. The van der Waals surface area contributed by atoms with Crippen molar-refractivity contribution in [1.29, 1.82) is 0 Å². The molecule has 1 aliphatic carbocycles. The predicted molar refractivity (Wildman–Crippen MR) is 145 cm³/mol. The molecule has 2 aromatic heterocycles. The van der Waals surface area contributed by atoms with Crippen molar-refractivity contribution in [3.8, 4) is 0 Å². The number of hydrogen-bond acceptors (Lipinski definition) is 5. The Morgan fingerprint density at radius 1 is 1.14 bits per heavy atom. The minimum atomic E-state index is -3.28. The topological polar surface area (TPSA) is 84.3 Å². The van der Waals surface area contributed by atoms with Gasteiger partial charge >= 0.3 is 0 Å². The number of aromatic nitrogens is 2. The Balaban J connectivity index is 1.31. The Kier molecular flexibility index (Phi) is 7.18. The first-order chi connectivity index (χ1) is 16.9. The maximum Gasteiger partial charge on any atom is 0.251 e. The smallest absolute Gasteiger partial charge is 0.251 e. The van der Waals surface area contributed by atoms with Gasteiger partial charge in [-0.2, -0.15) is 0 Å². The van der Waals surface area contributed by atoms with E-state index in [0.29, 0.717) is 21.3 Å². The van der Waals surface area contributed by atoms with Gasteiger partial charge < -0.3 is 9.88 Å². The second kappa shape index (κ2) is 10.2. The lowest BCUT2D eigenvalue weighted by molar-refractivity contribution is 0.0950. The first kappa shape index (κ1) is 24.7. The van der Waals surface area contributed by atoms with E-state index in [0.717, 1.165) is 18.5 Å². The SMILES string of the molecule is CCS(=O)(=O)c1ccc(CNC(=O)c2ccc3c(c2)cc(CN2CCCC[C@H]2I)n3C2CC2)nc1. The van der Waals surface area contributed by atoms with Crippen LogP contribution >= 0.6 is 22.6 Å². The molecule has 0 unspecified atom stereocenters. The fraction of sp³-hybridized carbons (Fsp3) is 0.462. The maximum atomic E-state index is 12.9. The molecule has 0 bridgehead atoms. The lowest BCUT2D eigenvalue weighted by Crippen LogP contribution is -2.35. The summed E-state index contributed by atoms with van der Waals surface area (Å²) in [4.78, 5) is 19.9. The molecule has 1 saturated heterocycles. The Hall–Kier alpha value is -1.98. The van der Waals surface area contributed by atoms with Gasteiger partial charge in [-0.3, -0.25) is 14.7 Å². The molecule has 1 aliphatic heterocycles. The lowest BCUT2D eigenvalue weighted by atomic mass is 10.1. The van der Waals surface area contributed by atoms with Crippen molar-refractivity contribution in [3.63, 3.8) is 0 Å². The van der Waals surface area contributed by atoms with Gasteiger partial charge in [-0.05, 0) is 75.0 Å². The molecule has 5 rings (SSSR count). The van der Waals surface area contributed by atoms with Crippen LogP contribution in [0.25, 0.3) is 10.9 Å². The van der Waals surface area contributed by atoms with Gasteiger partial charge in [0.25, 0.3) is 5.91 Å². The molecule has 2 fully saturated rings. The van der Waals surface area contributed by atoms with E-state index < -0.39 is 9.84 Å². The number of alkyl halides is 1. The highest BCUT2D eigenvalue weighted by Crippen LogP contribution is 2.40. The molecule has 3 heterocycles. The minimum absolute atomic E-state index is 0.0358. The van der Waals surface area contributed by atoms with Crippen LogP contribution in [-0.2, 0) is 22.9 Å². The second-order valence-corrected chi connectivity index (χ2v) is 13.2. The Morgan fingerprint density at radius 2 is 1.97 bits per heavy atom. The van der Waals surface area contributed by atoms with Gasteiger partial charge in [-0.1, -0.05) is 29.5 Å². The summed E-state index contributed by atoms with van der Waals surface area (Å²) in [6, 6.07) is 12.0. The third-order valence-electron chi connectivity index (χ3n) is 6.96. The van der Waals surface area contributed by atoms with Crippen LogP contribution in [0, 0.1) is 0 Å². The van der Waals surface area contributed by atoms with E-state index >= 15 is 0 Å². The third kappa shape index (κ3) is 5.41. The maximum absolute atomic E-state index is 12.9. The molecule has 1 saturated carbocycles. The molecule has 7 nitrogen and oxygen atoms in total. The summed E-state index contributed by atoms with van der Waals surface area (Å²) < 4.78 is 27.0. The highest BCUT2D eigenvalue weighted by molar-refractivity contribution is 14.1. The average molecular weight is 607 g/mol. The molecule has 186 valence electrons. The van der Waals surface area contributed by atoms with Crippen LogP contribution in [-0.4, -0.2) is 45.1 Å². The van der Waals surface area contributed by atoms with Crippen LogP contribution in [0.2, 0.25) is 0 Å². The average Bonchev–Trinajstić information content (AvgIpc) is 3.64. The van der Waals surface area contributed by atoms with Crippen LogP contribution in [0.4, 0.5) is 0 Å². The van der Waals surface area contributed by atoms with Gasteiger partial charge in [0.2, 0.25) is 0 Å². The van der Waals surface area contributed by atoms with Gasteiger partial charge in [0.15, 0.2) is 9.84 Å². The molecule has 1 aromatic carbocycles. The van der Waals surface area contributed by atoms with Gasteiger partial charge in [0, 0.05) is 40.9 Å². The quantitative estimate of drug-likeness (QED) is 0.226. The van der Waals surface area contributed by atoms with E-state index in [1.807, 2.05) is 12.1 Å². The number of likely N-dealkylation sites (tertiary alicyclic amines) is 1. The molecule has 1 amide bonds. The summed E-state index contributed by atoms with van der Waals surface area (Å²) in [7, 11) is -3.28. The van der Waals surface area contributed by atoms with Crippen LogP contribution in [0.3, 0.4) is 0 Å². The zero-order valence-electron chi connectivity index (χ0n) is 19.9. The van der Waals surface area contributed by atoms with E-state index in [1.54, 1.807) is 19.1 Å². The number of halogens is 1. The van der Waals surface area contributed by atoms with Crippen molar-refractivity contribution in [3.05, 3.63) is 59.5 Å². The van der Waals surface area contributed by atoms with E-state index in [-0.39, 0.29) is 23.1 Å². The normalized spacial score (nSPS) is 19.2. The standard InChI is InChI=1S/C26H31IN4O3S/c1-2-35(33,34)23-10-7-20(28-16-23)15-29-26(32)18-6-11-24-19(13-18)14-22(31(24)21-8-9-21)17-30-12-4-3-5-25(30)27/h6-7,10-11,13-14,16,21,25H,2-5,8-9,12,15,17H2,1H3,(H,29,32)/t25-/m0/s1. The highest BCUT2D eigenvalue weighted by Gasteiger charge is 2.29. The fourth-order valence-electron chi connectivity index (χ4n) is 4.80. The summed E-state index contributed by atoms with van der Waals surface area (Å²) in [6.45, 7) is 3.95. The van der Waals surface area contributed by atoms with E-state index in [4.69, 9.17) is 0 Å². The van der Waals surface area contributed by atoms with Crippen LogP contribution in [0.15, 0.2) is 47.5 Å². The molecule has 0 spiro atoms. The number of amides is 1. The molecular formula is C26H31IN4O3S. The van der Waals surface area contributed by atoms with E-state index in [1.165, 1.54) is 49.5 Å². The summed E-state index contributed by atoms with van der Waals surface area (Å²) in [5, 5.41) is 4.02. The van der Waals surface area contributed by atoms with Crippen molar-refractivity contribution in [2.45, 2.75) is 67.1 Å². The number of rotatable bonds is 8. The van der Waals surface area contributed by atoms with Gasteiger partial charge in [0.05, 0.1) is 26.9 Å². The minimum Gasteiger partial charge on any atom is -0.346 e. The number of piperidine rings is 1. The van der Waals surface area contributed by atoms with Gasteiger partial charge in [-0.15, -0.1) is 0 Å². The molecular weight excluding hydrogens is 575 g/mol. The number of carbonyl (C=O) groups excluding carboxylic acids is 1. The molecule has 35 heavy (non-hydrogen) atoms. The van der Waals surface area contributed by atoms with Crippen LogP contribution in [0.5, 0.6) is 0 Å². The number of pyridine rings is 1. The molecule has 2 aliphatic rings. The molecule has 3 aromatic rings. The Morgan fingerprint density at radius 3 is 2.66 bits per heavy atom. The van der Waals surface area contributed by atoms with Crippen LogP contribution < -0.4 is 5.32 Å². The summed E-state index contributed by atoms with van der Waals surface area (Å²) in [6.07, 6.45) is 7.62. The number of carbonyl (C=O) groups is 1. The monoisotopic (exact) mass is 606 g/mol. The van der Waals surface area contributed by atoms with E-state index in [2.05, 4.69) is 54.5 Å². The molecule has 1 N–H and O–H groups in total. The van der Waals surface area contributed by atoms with Crippen molar-refractivity contribution in [2.75, 3.05) is 12.3 Å². The Labute approximate surface area is 220 Å². The number of fused-ring (bicyclic) bond motifs is 1.